The second kappa shape index (κ2) is 3.22. The van der Waals surface area contributed by atoms with E-state index < -0.39 is 5.97 Å². The van der Waals surface area contributed by atoms with Gasteiger partial charge >= 0.3 is 5.97 Å². The van der Waals surface area contributed by atoms with Crippen LogP contribution in [0.2, 0.25) is 0 Å². The van der Waals surface area contributed by atoms with E-state index in [2.05, 4.69) is 9.68 Å². The molecule has 2 heterocycles. The minimum atomic E-state index is -1.19. The molecule has 0 fully saturated rings. The quantitative estimate of drug-likeness (QED) is 0.830. The second-order valence-electron chi connectivity index (χ2n) is 2.49. The summed E-state index contributed by atoms with van der Waals surface area (Å²) >= 11 is 0.884. The van der Waals surface area contributed by atoms with Gasteiger partial charge in [-0.25, -0.2) is 4.79 Å². The van der Waals surface area contributed by atoms with Crippen LogP contribution in [0.5, 0.6) is 0 Å². The predicted molar refractivity (Wildman–Crippen MR) is 46.7 cm³/mol. The maximum Gasteiger partial charge on any atom is 0.374 e. The van der Waals surface area contributed by atoms with E-state index in [9.17, 15) is 9.18 Å². The monoisotopic (exact) mass is 213 g/mol. The van der Waals surface area contributed by atoms with Gasteiger partial charge in [-0.1, -0.05) is 5.16 Å². The molecular weight excluding hydrogens is 209 g/mol. The Morgan fingerprint density at radius 1 is 1.57 bits per heavy atom. The van der Waals surface area contributed by atoms with Gasteiger partial charge in [-0.15, -0.1) is 11.3 Å². The number of carboxylic acids is 1. The third kappa shape index (κ3) is 1.51. The van der Waals surface area contributed by atoms with Crippen molar-refractivity contribution in [3.8, 4) is 10.6 Å². The van der Waals surface area contributed by atoms with Crippen LogP contribution in [-0.2, 0) is 0 Å². The molecule has 2 aromatic rings. The molecule has 14 heavy (non-hydrogen) atoms. The highest BCUT2D eigenvalue weighted by atomic mass is 32.1. The number of nitrogens with zero attached hydrogens (tertiary/aromatic N) is 1. The summed E-state index contributed by atoms with van der Waals surface area (Å²) in [6.07, 6.45) is 0. The van der Waals surface area contributed by atoms with Gasteiger partial charge in [-0.3, -0.25) is 0 Å². The molecule has 0 amide bonds. The Labute approximate surface area is 81.6 Å². The van der Waals surface area contributed by atoms with Gasteiger partial charge in [0.15, 0.2) is 5.13 Å². The van der Waals surface area contributed by atoms with Gasteiger partial charge < -0.3 is 9.63 Å². The number of aromatic carboxylic acids is 1. The number of aromatic nitrogens is 1. The van der Waals surface area contributed by atoms with E-state index in [1.165, 1.54) is 18.2 Å². The fourth-order valence-electron chi connectivity index (χ4n) is 0.944. The summed E-state index contributed by atoms with van der Waals surface area (Å²) in [7, 11) is 0. The second-order valence-corrected chi connectivity index (χ2v) is 3.52. The van der Waals surface area contributed by atoms with Crippen molar-refractivity contribution < 1.29 is 18.8 Å². The number of hydrogen-bond acceptors (Lipinski definition) is 4. The van der Waals surface area contributed by atoms with E-state index >= 15 is 0 Å². The number of thiophene rings is 1. The molecule has 0 unspecified atom stereocenters. The Kier molecular flexibility index (Phi) is 2.05. The molecule has 72 valence electrons. The summed E-state index contributed by atoms with van der Waals surface area (Å²) in [4.78, 5) is 11.0. The lowest BCUT2D eigenvalue weighted by atomic mass is 10.3. The predicted octanol–water partition coefficient (Wildman–Crippen LogP) is 2.24. The molecule has 0 aromatic carbocycles. The summed E-state index contributed by atoms with van der Waals surface area (Å²) in [5.41, 5.74) is 0.330. The Bertz CT molecular complexity index is 476. The molecule has 0 radical (unpaired) electrons. The number of carbonyl (C=O) groups is 1. The van der Waals surface area contributed by atoms with Crippen LogP contribution >= 0.6 is 11.3 Å². The van der Waals surface area contributed by atoms with Crippen molar-refractivity contribution in [2.75, 3.05) is 0 Å². The molecular formula is C8H4FNO3S. The third-order valence-electron chi connectivity index (χ3n) is 1.55. The molecule has 0 aliphatic carbocycles. The molecule has 2 rings (SSSR count). The lowest BCUT2D eigenvalue weighted by Gasteiger charge is -1.82. The van der Waals surface area contributed by atoms with Crippen LogP contribution in [0, 0.1) is 5.13 Å². The van der Waals surface area contributed by atoms with E-state index in [0.29, 0.717) is 10.6 Å². The fourth-order valence-corrected chi connectivity index (χ4v) is 1.63. The highest BCUT2D eigenvalue weighted by Gasteiger charge is 2.13. The van der Waals surface area contributed by atoms with Crippen molar-refractivity contribution >= 4 is 17.3 Å². The number of halogens is 1. The van der Waals surface area contributed by atoms with Crippen LogP contribution < -0.4 is 0 Å². The number of hydrogen-bond donors (Lipinski definition) is 1. The Morgan fingerprint density at radius 2 is 2.36 bits per heavy atom. The first-order chi connectivity index (χ1) is 6.66. The van der Waals surface area contributed by atoms with Crippen molar-refractivity contribution in [2.24, 2.45) is 0 Å². The average Bonchev–Trinajstić information content (AvgIpc) is 2.70. The molecule has 0 bridgehead atoms. The maximum absolute atomic E-state index is 12.6. The summed E-state index contributed by atoms with van der Waals surface area (Å²) in [6.45, 7) is 0. The molecule has 6 heteroatoms. The van der Waals surface area contributed by atoms with E-state index in [1.807, 2.05) is 0 Å². The highest BCUT2D eigenvalue weighted by molar-refractivity contribution is 7.13. The summed E-state index contributed by atoms with van der Waals surface area (Å²) in [5, 5.41) is 11.7. The van der Waals surface area contributed by atoms with E-state index in [0.717, 1.165) is 11.3 Å². The zero-order valence-electron chi connectivity index (χ0n) is 6.73. The van der Waals surface area contributed by atoms with Crippen LogP contribution in [-0.4, -0.2) is 16.2 Å². The van der Waals surface area contributed by atoms with Crippen molar-refractivity contribution in [3.63, 3.8) is 0 Å². The molecule has 0 spiro atoms. The molecule has 4 nitrogen and oxygen atoms in total. The lowest BCUT2D eigenvalue weighted by Crippen LogP contribution is -1.91. The van der Waals surface area contributed by atoms with Crippen LogP contribution in [0.1, 0.15) is 10.6 Å². The van der Waals surface area contributed by atoms with Crippen LogP contribution in [0.4, 0.5) is 4.39 Å². The first-order valence-corrected chi connectivity index (χ1v) is 4.44. The normalized spacial score (nSPS) is 10.4. The SMILES string of the molecule is O=C(O)c1cc(-c2ccc(F)s2)no1. The topological polar surface area (TPSA) is 63.3 Å². The Balaban J connectivity index is 2.38. The van der Waals surface area contributed by atoms with Gasteiger partial charge in [0.25, 0.3) is 0 Å². The van der Waals surface area contributed by atoms with E-state index in [4.69, 9.17) is 5.11 Å². The van der Waals surface area contributed by atoms with Gasteiger partial charge in [0.1, 0.15) is 5.69 Å². The van der Waals surface area contributed by atoms with Gasteiger partial charge in [-0.2, -0.15) is 4.39 Å². The number of rotatable bonds is 2. The van der Waals surface area contributed by atoms with Gasteiger partial charge in [0, 0.05) is 6.07 Å². The standard InChI is InChI=1S/C8H4FNO3S/c9-7-2-1-6(14-7)4-3-5(8(11)12)13-10-4/h1-3H,(H,11,12). The van der Waals surface area contributed by atoms with Crippen molar-refractivity contribution in [1.29, 1.82) is 0 Å². The van der Waals surface area contributed by atoms with Crippen molar-refractivity contribution in [2.45, 2.75) is 0 Å². The smallest absolute Gasteiger partial charge is 0.374 e. The van der Waals surface area contributed by atoms with Gasteiger partial charge in [0.05, 0.1) is 4.88 Å². The minimum absolute atomic E-state index is 0.256. The van der Waals surface area contributed by atoms with Crippen molar-refractivity contribution in [3.05, 3.63) is 29.1 Å². The molecule has 1 N–H and O–H groups in total. The first kappa shape index (κ1) is 8.89. The summed E-state index contributed by atoms with van der Waals surface area (Å²) in [6, 6.07) is 4.06. The average molecular weight is 213 g/mol. The zero-order chi connectivity index (χ0) is 10.1. The van der Waals surface area contributed by atoms with E-state index in [1.54, 1.807) is 0 Å². The fraction of sp³-hybridized carbons (Fsp3) is 0. The maximum atomic E-state index is 12.6. The molecule has 0 saturated carbocycles. The molecule has 0 aliphatic heterocycles. The zero-order valence-corrected chi connectivity index (χ0v) is 7.55. The highest BCUT2D eigenvalue weighted by Crippen LogP contribution is 2.26. The third-order valence-corrected chi connectivity index (χ3v) is 2.44. The first-order valence-electron chi connectivity index (χ1n) is 3.62. The Morgan fingerprint density at radius 3 is 2.86 bits per heavy atom. The van der Waals surface area contributed by atoms with Gasteiger partial charge in [-0.05, 0) is 12.1 Å². The minimum Gasteiger partial charge on any atom is -0.475 e. The lowest BCUT2D eigenvalue weighted by molar-refractivity contribution is 0.0652. The molecule has 0 atom stereocenters. The van der Waals surface area contributed by atoms with Gasteiger partial charge in [0.2, 0.25) is 5.76 Å². The van der Waals surface area contributed by atoms with Crippen LogP contribution in [0.15, 0.2) is 22.7 Å². The molecule has 2 aromatic heterocycles. The molecule has 0 aliphatic rings. The number of carboxylic acid groups (broad SMARTS) is 1. The van der Waals surface area contributed by atoms with Crippen LogP contribution in [0.3, 0.4) is 0 Å². The Hall–Kier alpha value is -1.69. The summed E-state index contributed by atoms with van der Waals surface area (Å²) in [5.74, 6) is -1.45. The summed E-state index contributed by atoms with van der Waals surface area (Å²) < 4.78 is 17.1. The van der Waals surface area contributed by atoms with Crippen LogP contribution in [0.25, 0.3) is 10.6 Å². The molecule has 0 saturated heterocycles. The van der Waals surface area contributed by atoms with E-state index in [-0.39, 0.29) is 10.9 Å². The van der Waals surface area contributed by atoms with Crippen molar-refractivity contribution in [1.82, 2.24) is 5.16 Å². The largest absolute Gasteiger partial charge is 0.475 e.